The van der Waals surface area contributed by atoms with Gasteiger partial charge in [0.25, 0.3) is 0 Å². The molecule has 0 bridgehead atoms. The molecule has 1 N–H and O–H groups in total. The molecule has 148 valence electrons. The number of allylic oxidation sites excluding steroid dienone is 1. The maximum atomic E-state index is 14.0. The van der Waals surface area contributed by atoms with Gasteiger partial charge in [-0.05, 0) is 50.1 Å². The number of carbonyl (C=O) groups is 1. The lowest BCUT2D eigenvalue weighted by atomic mass is 9.92. The van der Waals surface area contributed by atoms with Crippen molar-refractivity contribution in [2.24, 2.45) is 0 Å². The van der Waals surface area contributed by atoms with E-state index in [2.05, 4.69) is 18.0 Å². The van der Waals surface area contributed by atoms with E-state index in [0.717, 1.165) is 16.7 Å². The normalized spacial score (nSPS) is 14.7. The van der Waals surface area contributed by atoms with Crippen molar-refractivity contribution in [3.05, 3.63) is 72.1 Å². The molecule has 2 amide bonds. The smallest absolute Gasteiger partial charge is 0.318 e. The molecule has 0 unspecified atom stereocenters. The first-order valence-electron chi connectivity index (χ1n) is 9.61. The lowest BCUT2D eigenvalue weighted by Gasteiger charge is -2.38. The van der Waals surface area contributed by atoms with Gasteiger partial charge in [0.1, 0.15) is 5.82 Å². The summed E-state index contributed by atoms with van der Waals surface area (Å²) < 4.78 is 14.0. The predicted octanol–water partition coefficient (Wildman–Crippen LogP) is 4.63. The van der Waals surface area contributed by atoms with Gasteiger partial charge in [0.2, 0.25) is 0 Å². The predicted molar refractivity (Wildman–Crippen MR) is 113 cm³/mol. The van der Waals surface area contributed by atoms with Gasteiger partial charge in [-0.15, -0.1) is 0 Å². The van der Waals surface area contributed by atoms with Gasteiger partial charge >= 0.3 is 6.03 Å². The van der Waals surface area contributed by atoms with Crippen LogP contribution >= 0.6 is 0 Å². The third kappa shape index (κ3) is 4.35. The van der Waals surface area contributed by atoms with E-state index in [1.165, 1.54) is 6.07 Å². The average molecular weight is 381 g/mol. The highest BCUT2D eigenvalue weighted by Gasteiger charge is 2.28. The molecule has 2 aromatic carbocycles. The lowest BCUT2D eigenvalue weighted by Crippen LogP contribution is -2.55. The van der Waals surface area contributed by atoms with Crippen LogP contribution in [-0.4, -0.2) is 37.1 Å². The molecule has 1 heterocycles. The van der Waals surface area contributed by atoms with Crippen LogP contribution in [0.1, 0.15) is 31.9 Å². The Kier molecular flexibility index (Phi) is 5.73. The summed E-state index contributed by atoms with van der Waals surface area (Å²) in [5, 5.41) is 3.14. The summed E-state index contributed by atoms with van der Waals surface area (Å²) in [6, 6.07) is 14.8. The molecule has 4 nitrogen and oxygen atoms in total. The van der Waals surface area contributed by atoms with E-state index in [9.17, 15) is 9.18 Å². The van der Waals surface area contributed by atoms with Crippen molar-refractivity contribution >= 4 is 17.3 Å². The van der Waals surface area contributed by atoms with E-state index < -0.39 is 5.54 Å². The second-order valence-electron chi connectivity index (χ2n) is 7.84. The van der Waals surface area contributed by atoms with Crippen molar-refractivity contribution < 1.29 is 9.18 Å². The number of amides is 2. The van der Waals surface area contributed by atoms with Crippen molar-refractivity contribution in [1.29, 1.82) is 0 Å². The highest BCUT2D eigenvalue weighted by Crippen LogP contribution is 2.24. The molecule has 0 aliphatic carbocycles. The van der Waals surface area contributed by atoms with Crippen LogP contribution in [0.3, 0.4) is 0 Å². The number of urea groups is 1. The molecular weight excluding hydrogens is 353 g/mol. The Labute approximate surface area is 166 Å². The SMILES string of the molecule is C=C(C)c1cccc(C(C)(C)NC(=O)N2CCN(c3ccccc3F)CC2)c1. The Hall–Kier alpha value is -2.82. The number of hydrogen-bond donors (Lipinski definition) is 1. The van der Waals surface area contributed by atoms with E-state index >= 15 is 0 Å². The summed E-state index contributed by atoms with van der Waals surface area (Å²) >= 11 is 0. The van der Waals surface area contributed by atoms with Crippen LogP contribution in [-0.2, 0) is 5.54 Å². The zero-order valence-electron chi connectivity index (χ0n) is 16.8. The second kappa shape index (κ2) is 8.05. The van der Waals surface area contributed by atoms with Crippen LogP contribution in [0.5, 0.6) is 0 Å². The Balaban J connectivity index is 1.63. The molecule has 0 saturated carbocycles. The monoisotopic (exact) mass is 381 g/mol. The first kappa shape index (κ1) is 19.9. The van der Waals surface area contributed by atoms with Crippen LogP contribution in [0.25, 0.3) is 5.57 Å². The topological polar surface area (TPSA) is 35.6 Å². The van der Waals surface area contributed by atoms with Crippen LogP contribution in [0, 0.1) is 5.82 Å². The van der Waals surface area contributed by atoms with Gasteiger partial charge in [-0.2, -0.15) is 0 Å². The van der Waals surface area contributed by atoms with Crippen LogP contribution < -0.4 is 10.2 Å². The first-order valence-corrected chi connectivity index (χ1v) is 9.61. The Morgan fingerprint density at radius 2 is 1.75 bits per heavy atom. The molecule has 1 aliphatic rings. The molecule has 0 radical (unpaired) electrons. The van der Waals surface area contributed by atoms with Gasteiger partial charge in [-0.25, -0.2) is 9.18 Å². The zero-order valence-corrected chi connectivity index (χ0v) is 16.8. The summed E-state index contributed by atoms with van der Waals surface area (Å²) in [6.45, 7) is 12.3. The molecule has 5 heteroatoms. The van der Waals surface area contributed by atoms with Crippen molar-refractivity contribution in [2.45, 2.75) is 26.3 Å². The number of hydrogen-bond acceptors (Lipinski definition) is 2. The number of rotatable bonds is 4. The number of carbonyl (C=O) groups excluding carboxylic acids is 1. The fourth-order valence-corrected chi connectivity index (χ4v) is 3.45. The van der Waals surface area contributed by atoms with Crippen molar-refractivity contribution in [2.75, 3.05) is 31.1 Å². The molecule has 3 rings (SSSR count). The van der Waals surface area contributed by atoms with Crippen LogP contribution in [0.4, 0.5) is 14.9 Å². The molecule has 0 atom stereocenters. The highest BCUT2D eigenvalue weighted by molar-refractivity contribution is 5.76. The molecule has 2 aromatic rings. The quantitative estimate of drug-likeness (QED) is 0.838. The lowest BCUT2D eigenvalue weighted by molar-refractivity contribution is 0.183. The van der Waals surface area contributed by atoms with E-state index in [4.69, 9.17) is 0 Å². The summed E-state index contributed by atoms with van der Waals surface area (Å²) in [7, 11) is 0. The summed E-state index contributed by atoms with van der Waals surface area (Å²) in [4.78, 5) is 16.6. The highest BCUT2D eigenvalue weighted by atomic mass is 19.1. The largest absolute Gasteiger partial charge is 0.366 e. The Morgan fingerprint density at radius 3 is 2.39 bits per heavy atom. The van der Waals surface area contributed by atoms with E-state index in [0.29, 0.717) is 31.9 Å². The Bertz CT molecular complexity index is 870. The maximum Gasteiger partial charge on any atom is 0.318 e. The molecule has 28 heavy (non-hydrogen) atoms. The third-order valence-corrected chi connectivity index (χ3v) is 5.26. The molecule has 1 aliphatic heterocycles. The van der Waals surface area contributed by atoms with E-state index in [1.54, 1.807) is 17.0 Å². The number of benzene rings is 2. The van der Waals surface area contributed by atoms with Gasteiger partial charge < -0.3 is 15.1 Å². The van der Waals surface area contributed by atoms with Gasteiger partial charge in [-0.3, -0.25) is 0 Å². The van der Waals surface area contributed by atoms with E-state index in [-0.39, 0.29) is 11.8 Å². The first-order chi connectivity index (χ1) is 13.3. The number of anilines is 1. The number of para-hydroxylation sites is 1. The fourth-order valence-electron chi connectivity index (χ4n) is 3.45. The van der Waals surface area contributed by atoms with Gasteiger partial charge in [0.15, 0.2) is 0 Å². The van der Waals surface area contributed by atoms with Crippen molar-refractivity contribution in [3.63, 3.8) is 0 Å². The van der Waals surface area contributed by atoms with Crippen molar-refractivity contribution in [3.8, 4) is 0 Å². The molecule has 1 fully saturated rings. The second-order valence-corrected chi connectivity index (χ2v) is 7.84. The average Bonchev–Trinajstić information content (AvgIpc) is 2.68. The van der Waals surface area contributed by atoms with E-state index in [1.807, 2.05) is 49.9 Å². The summed E-state index contributed by atoms with van der Waals surface area (Å²) in [6.07, 6.45) is 0. The number of nitrogens with zero attached hydrogens (tertiary/aromatic N) is 2. The summed E-state index contributed by atoms with van der Waals surface area (Å²) in [5.74, 6) is -0.223. The number of halogens is 1. The molecule has 0 aromatic heterocycles. The molecular formula is C23H28FN3O. The molecule has 1 saturated heterocycles. The summed E-state index contributed by atoms with van der Waals surface area (Å²) in [5.41, 5.74) is 3.18. The molecule has 0 spiro atoms. The van der Waals surface area contributed by atoms with Gasteiger partial charge in [0.05, 0.1) is 11.2 Å². The Morgan fingerprint density at radius 1 is 1.07 bits per heavy atom. The fraction of sp³-hybridized carbons (Fsp3) is 0.348. The van der Waals surface area contributed by atoms with Crippen molar-refractivity contribution in [1.82, 2.24) is 10.2 Å². The minimum Gasteiger partial charge on any atom is -0.366 e. The number of nitrogens with one attached hydrogen (secondary N) is 1. The third-order valence-electron chi connectivity index (χ3n) is 5.26. The zero-order chi connectivity index (χ0) is 20.3. The van der Waals surface area contributed by atoms with Gasteiger partial charge in [-0.1, -0.05) is 42.5 Å². The minimum atomic E-state index is -0.509. The minimum absolute atomic E-state index is 0.0982. The number of piperazine rings is 1. The van der Waals surface area contributed by atoms with Gasteiger partial charge in [0, 0.05) is 26.2 Å². The van der Waals surface area contributed by atoms with Crippen LogP contribution in [0.15, 0.2) is 55.1 Å². The maximum absolute atomic E-state index is 14.0. The van der Waals surface area contributed by atoms with Crippen LogP contribution in [0.2, 0.25) is 0 Å². The standard InChI is InChI=1S/C23H28FN3O/c1-17(2)18-8-7-9-19(16-18)23(3,4)25-22(28)27-14-12-26(13-15-27)21-11-6-5-10-20(21)24/h5-11,16H,1,12-15H2,2-4H3,(H,25,28).